The molecule has 0 spiro atoms. The number of nitrogens with zero attached hydrogens (tertiary/aromatic N) is 2. The van der Waals surface area contributed by atoms with Gasteiger partial charge in [-0.25, -0.2) is 5.10 Å². The molecule has 5 nitrogen and oxygen atoms in total. The van der Waals surface area contributed by atoms with Gasteiger partial charge in [0.2, 0.25) is 0 Å². The number of aromatic nitrogens is 3. The maximum Gasteiger partial charge on any atom is 0.267 e. The standard InChI is InChI=1S/C8H7N3O2/c12-8-6(1-3-9-11-8)5-7-2-4-10-13-7/h1-4H,5H2,(H,11,12). The molecule has 2 aromatic heterocycles. The number of H-pyrrole nitrogens is 1. The summed E-state index contributed by atoms with van der Waals surface area (Å²) in [5, 5.41) is 9.48. The van der Waals surface area contributed by atoms with Crippen LogP contribution in [-0.2, 0) is 6.42 Å². The van der Waals surface area contributed by atoms with Gasteiger partial charge in [0.05, 0.1) is 6.20 Å². The van der Waals surface area contributed by atoms with Gasteiger partial charge in [-0.3, -0.25) is 4.79 Å². The van der Waals surface area contributed by atoms with E-state index >= 15 is 0 Å². The third kappa shape index (κ3) is 1.64. The van der Waals surface area contributed by atoms with E-state index in [0.29, 0.717) is 17.7 Å². The Morgan fingerprint density at radius 2 is 2.31 bits per heavy atom. The maximum absolute atomic E-state index is 11.2. The molecule has 0 bridgehead atoms. The fourth-order valence-electron chi connectivity index (χ4n) is 1.03. The summed E-state index contributed by atoms with van der Waals surface area (Å²) >= 11 is 0. The van der Waals surface area contributed by atoms with E-state index in [1.165, 1.54) is 6.20 Å². The summed E-state index contributed by atoms with van der Waals surface area (Å²) in [5.41, 5.74) is 0.422. The minimum Gasteiger partial charge on any atom is -0.361 e. The van der Waals surface area contributed by atoms with E-state index < -0.39 is 0 Å². The van der Waals surface area contributed by atoms with Gasteiger partial charge in [0.25, 0.3) is 5.56 Å². The second-order valence-corrected chi connectivity index (χ2v) is 2.57. The summed E-state index contributed by atoms with van der Waals surface area (Å²) in [6.45, 7) is 0. The Balaban J connectivity index is 2.29. The summed E-state index contributed by atoms with van der Waals surface area (Å²) < 4.78 is 4.87. The van der Waals surface area contributed by atoms with Crippen LogP contribution in [0.15, 0.2) is 33.8 Å². The molecule has 2 aromatic rings. The highest BCUT2D eigenvalue weighted by atomic mass is 16.5. The highest BCUT2D eigenvalue weighted by Crippen LogP contribution is 2.02. The molecule has 5 heteroatoms. The highest BCUT2D eigenvalue weighted by molar-refractivity contribution is 5.13. The van der Waals surface area contributed by atoms with Gasteiger partial charge in [0, 0.05) is 24.2 Å². The van der Waals surface area contributed by atoms with Crippen LogP contribution in [0, 0.1) is 0 Å². The van der Waals surface area contributed by atoms with Crippen molar-refractivity contribution in [1.82, 2.24) is 15.4 Å². The molecule has 1 N–H and O–H groups in total. The van der Waals surface area contributed by atoms with E-state index in [-0.39, 0.29) is 5.56 Å². The van der Waals surface area contributed by atoms with Gasteiger partial charge >= 0.3 is 0 Å². The first-order valence-corrected chi connectivity index (χ1v) is 3.78. The van der Waals surface area contributed by atoms with E-state index in [1.807, 2.05) is 0 Å². The number of nitrogens with one attached hydrogen (secondary N) is 1. The maximum atomic E-state index is 11.2. The SMILES string of the molecule is O=c1[nH]nccc1Cc1ccno1. The number of aromatic amines is 1. The molecule has 0 amide bonds. The lowest BCUT2D eigenvalue weighted by Crippen LogP contribution is -2.13. The topological polar surface area (TPSA) is 71.8 Å². The molecule has 0 aliphatic rings. The Kier molecular flexibility index (Phi) is 1.91. The summed E-state index contributed by atoms with van der Waals surface area (Å²) in [5.74, 6) is 0.664. The molecule has 66 valence electrons. The molecule has 0 aliphatic carbocycles. The third-order valence-electron chi connectivity index (χ3n) is 1.66. The van der Waals surface area contributed by atoms with Crippen LogP contribution in [0.3, 0.4) is 0 Å². The Hall–Kier alpha value is -1.91. The van der Waals surface area contributed by atoms with Gasteiger partial charge < -0.3 is 4.52 Å². The number of hydrogen-bond acceptors (Lipinski definition) is 4. The van der Waals surface area contributed by atoms with Gasteiger partial charge in [-0.05, 0) is 6.07 Å². The zero-order valence-corrected chi connectivity index (χ0v) is 6.73. The van der Waals surface area contributed by atoms with E-state index in [0.717, 1.165) is 0 Å². The monoisotopic (exact) mass is 177 g/mol. The Bertz CT molecular complexity index is 433. The zero-order chi connectivity index (χ0) is 9.10. The van der Waals surface area contributed by atoms with Crippen LogP contribution in [0.4, 0.5) is 0 Å². The molecule has 0 radical (unpaired) electrons. The van der Waals surface area contributed by atoms with Crippen molar-refractivity contribution in [3.63, 3.8) is 0 Å². The minimum atomic E-state index is -0.195. The predicted molar refractivity (Wildman–Crippen MR) is 44.2 cm³/mol. The Morgan fingerprint density at radius 1 is 1.38 bits per heavy atom. The zero-order valence-electron chi connectivity index (χ0n) is 6.73. The van der Waals surface area contributed by atoms with Gasteiger partial charge in [0.1, 0.15) is 5.76 Å². The molecule has 2 heterocycles. The molecule has 0 fully saturated rings. The lowest BCUT2D eigenvalue weighted by atomic mass is 10.2. The van der Waals surface area contributed by atoms with Crippen LogP contribution in [-0.4, -0.2) is 15.4 Å². The van der Waals surface area contributed by atoms with Crippen LogP contribution >= 0.6 is 0 Å². The average Bonchev–Trinajstić information content (AvgIpc) is 2.61. The lowest BCUT2D eigenvalue weighted by molar-refractivity contribution is 0.389. The van der Waals surface area contributed by atoms with Crippen LogP contribution in [0.25, 0.3) is 0 Å². The normalized spacial score (nSPS) is 10.2. The van der Waals surface area contributed by atoms with Crippen LogP contribution in [0.1, 0.15) is 11.3 Å². The molecule has 0 unspecified atom stereocenters. The largest absolute Gasteiger partial charge is 0.361 e. The first-order valence-electron chi connectivity index (χ1n) is 3.78. The van der Waals surface area contributed by atoms with E-state index in [9.17, 15) is 4.79 Å². The molecular weight excluding hydrogens is 170 g/mol. The van der Waals surface area contributed by atoms with Crippen molar-refractivity contribution < 1.29 is 4.52 Å². The van der Waals surface area contributed by atoms with Crippen molar-refractivity contribution in [2.75, 3.05) is 0 Å². The fraction of sp³-hybridized carbons (Fsp3) is 0.125. The fourth-order valence-corrected chi connectivity index (χ4v) is 1.03. The van der Waals surface area contributed by atoms with Gasteiger partial charge in [-0.2, -0.15) is 5.10 Å². The van der Waals surface area contributed by atoms with Crippen molar-refractivity contribution in [1.29, 1.82) is 0 Å². The van der Waals surface area contributed by atoms with Crippen LogP contribution in [0.2, 0.25) is 0 Å². The highest BCUT2D eigenvalue weighted by Gasteiger charge is 2.02. The molecule has 13 heavy (non-hydrogen) atoms. The van der Waals surface area contributed by atoms with Gasteiger partial charge in [-0.1, -0.05) is 5.16 Å². The van der Waals surface area contributed by atoms with Crippen molar-refractivity contribution in [3.05, 3.63) is 46.2 Å². The molecule has 0 saturated heterocycles. The Labute approximate surface area is 73.4 Å². The van der Waals surface area contributed by atoms with Crippen molar-refractivity contribution in [2.45, 2.75) is 6.42 Å². The average molecular weight is 177 g/mol. The van der Waals surface area contributed by atoms with E-state index in [1.54, 1.807) is 18.3 Å². The summed E-state index contributed by atoms with van der Waals surface area (Å²) in [7, 11) is 0. The quantitative estimate of drug-likeness (QED) is 0.718. The van der Waals surface area contributed by atoms with Crippen molar-refractivity contribution in [2.24, 2.45) is 0 Å². The minimum absolute atomic E-state index is 0.195. The number of rotatable bonds is 2. The van der Waals surface area contributed by atoms with Gasteiger partial charge in [0.15, 0.2) is 0 Å². The second-order valence-electron chi connectivity index (χ2n) is 2.57. The summed E-state index contributed by atoms with van der Waals surface area (Å²) in [6.07, 6.45) is 3.52. The molecule has 0 atom stereocenters. The van der Waals surface area contributed by atoms with Crippen molar-refractivity contribution >= 4 is 0 Å². The number of hydrogen-bond donors (Lipinski definition) is 1. The smallest absolute Gasteiger partial charge is 0.267 e. The first-order chi connectivity index (χ1) is 6.36. The molecule has 2 rings (SSSR count). The van der Waals surface area contributed by atoms with E-state index in [4.69, 9.17) is 4.52 Å². The molecule has 0 aromatic carbocycles. The lowest BCUT2D eigenvalue weighted by Gasteiger charge is -1.93. The van der Waals surface area contributed by atoms with E-state index in [2.05, 4.69) is 15.4 Å². The predicted octanol–water partition coefficient (Wildman–Crippen LogP) is 0.349. The van der Waals surface area contributed by atoms with Crippen LogP contribution in [0.5, 0.6) is 0 Å². The summed E-state index contributed by atoms with van der Waals surface area (Å²) in [6, 6.07) is 3.38. The van der Waals surface area contributed by atoms with Crippen LogP contribution < -0.4 is 5.56 Å². The van der Waals surface area contributed by atoms with Crippen molar-refractivity contribution in [3.8, 4) is 0 Å². The molecular formula is C8H7N3O2. The first kappa shape index (κ1) is 7.72. The second kappa shape index (κ2) is 3.22. The summed E-state index contributed by atoms with van der Waals surface area (Å²) in [4.78, 5) is 11.2. The molecule has 0 aliphatic heterocycles. The van der Waals surface area contributed by atoms with Gasteiger partial charge in [-0.15, -0.1) is 0 Å². The molecule has 0 saturated carbocycles. The Morgan fingerprint density at radius 3 is 3.00 bits per heavy atom. The third-order valence-corrected chi connectivity index (χ3v) is 1.66.